The van der Waals surface area contributed by atoms with Crippen LogP contribution in [-0.4, -0.2) is 22.5 Å². The van der Waals surface area contributed by atoms with E-state index in [9.17, 15) is 4.79 Å². The topological polar surface area (TPSA) is 76.1 Å². The molecule has 0 saturated carbocycles. The number of carbonyl (C=O) groups excluding carboxylic acids is 1. The second kappa shape index (κ2) is 8.99. The Morgan fingerprint density at radius 2 is 1.64 bits per heavy atom. The van der Waals surface area contributed by atoms with Crippen LogP contribution < -0.4 is 15.4 Å². The molecule has 1 heterocycles. The Morgan fingerprint density at radius 1 is 0.964 bits per heavy atom. The second-order valence-corrected chi connectivity index (χ2v) is 6.31. The predicted octanol–water partition coefficient (Wildman–Crippen LogP) is 4.74. The number of aromatic nitrogens is 2. The minimum atomic E-state index is -0.293. The summed E-state index contributed by atoms with van der Waals surface area (Å²) in [4.78, 5) is 21.3. The Balaban J connectivity index is 1.73. The number of nitrogens with zero attached hydrogens (tertiary/aromatic N) is 2. The smallest absolute Gasteiger partial charge is 0.274 e. The molecular weight excluding hydrogens is 352 g/mol. The molecule has 0 aliphatic heterocycles. The van der Waals surface area contributed by atoms with Crippen LogP contribution in [0.15, 0.2) is 54.6 Å². The highest BCUT2D eigenvalue weighted by molar-refractivity contribution is 6.03. The van der Waals surface area contributed by atoms with E-state index < -0.39 is 0 Å². The van der Waals surface area contributed by atoms with Gasteiger partial charge in [-0.3, -0.25) is 4.79 Å². The number of aryl methyl sites for hydroxylation is 2. The van der Waals surface area contributed by atoms with Crippen molar-refractivity contribution in [2.45, 2.75) is 27.2 Å². The van der Waals surface area contributed by atoms with Gasteiger partial charge in [0, 0.05) is 17.1 Å². The van der Waals surface area contributed by atoms with Gasteiger partial charge < -0.3 is 15.4 Å². The maximum atomic E-state index is 12.6. The lowest BCUT2D eigenvalue weighted by atomic mass is 10.1. The summed E-state index contributed by atoms with van der Waals surface area (Å²) in [6, 6.07) is 16.9. The third-order valence-corrected chi connectivity index (χ3v) is 4.13. The molecule has 28 heavy (non-hydrogen) atoms. The van der Waals surface area contributed by atoms with Crippen LogP contribution >= 0.6 is 0 Å². The molecule has 0 bridgehead atoms. The number of ether oxygens (including phenoxy) is 1. The molecule has 0 atom stereocenters. The highest BCUT2D eigenvalue weighted by atomic mass is 16.5. The first kappa shape index (κ1) is 19.4. The fourth-order valence-electron chi connectivity index (χ4n) is 2.69. The number of nitrogens with one attached hydrogen (secondary N) is 2. The Kier molecular flexibility index (Phi) is 6.22. The molecule has 0 aliphatic carbocycles. The van der Waals surface area contributed by atoms with E-state index in [0.29, 0.717) is 29.6 Å². The average molecular weight is 376 g/mol. The number of carbonyl (C=O) groups is 1. The third kappa shape index (κ3) is 5.07. The van der Waals surface area contributed by atoms with E-state index >= 15 is 0 Å². The molecule has 0 saturated heterocycles. The van der Waals surface area contributed by atoms with E-state index in [4.69, 9.17) is 4.74 Å². The fraction of sp³-hybridized carbons (Fsp3) is 0.227. The second-order valence-electron chi connectivity index (χ2n) is 6.31. The van der Waals surface area contributed by atoms with Crippen LogP contribution in [0.25, 0.3) is 0 Å². The van der Waals surface area contributed by atoms with Gasteiger partial charge in [-0.2, -0.15) is 0 Å². The maximum absolute atomic E-state index is 12.6. The van der Waals surface area contributed by atoms with Crippen molar-refractivity contribution in [3.8, 4) is 5.75 Å². The Labute approximate surface area is 165 Å². The van der Waals surface area contributed by atoms with Crippen LogP contribution in [-0.2, 0) is 6.42 Å². The molecule has 3 rings (SSSR count). The summed E-state index contributed by atoms with van der Waals surface area (Å²) < 4.78 is 5.41. The Morgan fingerprint density at radius 3 is 2.29 bits per heavy atom. The van der Waals surface area contributed by atoms with Gasteiger partial charge in [-0.25, -0.2) is 9.97 Å². The van der Waals surface area contributed by atoms with Crippen molar-refractivity contribution in [3.63, 3.8) is 0 Å². The van der Waals surface area contributed by atoms with Gasteiger partial charge in [-0.15, -0.1) is 0 Å². The standard InChI is InChI=1S/C22H24N4O2/c1-4-16-6-8-18(9-7-16)25-22-23-15(3)14-20(26-22)21(27)24-17-10-12-19(13-11-17)28-5-2/h6-14H,4-5H2,1-3H3,(H,24,27)(H,23,25,26). The number of hydrogen-bond acceptors (Lipinski definition) is 5. The number of amides is 1. The van der Waals surface area contributed by atoms with Crippen LogP contribution in [0.4, 0.5) is 17.3 Å². The van der Waals surface area contributed by atoms with E-state index in [1.807, 2.05) is 38.1 Å². The molecule has 1 aromatic heterocycles. The zero-order valence-corrected chi connectivity index (χ0v) is 16.3. The molecule has 2 N–H and O–H groups in total. The summed E-state index contributed by atoms with van der Waals surface area (Å²) in [5, 5.41) is 6.01. The molecule has 0 radical (unpaired) electrons. The van der Waals surface area contributed by atoms with E-state index in [0.717, 1.165) is 17.9 Å². The van der Waals surface area contributed by atoms with Crippen LogP contribution in [0, 0.1) is 6.92 Å². The number of anilines is 3. The molecular formula is C22H24N4O2. The summed E-state index contributed by atoms with van der Waals surface area (Å²) in [5.74, 6) is 0.860. The SMILES string of the molecule is CCOc1ccc(NC(=O)c2cc(C)nc(Nc3ccc(CC)cc3)n2)cc1. The zero-order valence-electron chi connectivity index (χ0n) is 16.3. The van der Waals surface area contributed by atoms with Crippen LogP contribution in [0.5, 0.6) is 5.75 Å². The van der Waals surface area contributed by atoms with Crippen molar-refractivity contribution in [1.29, 1.82) is 0 Å². The van der Waals surface area contributed by atoms with Crippen LogP contribution in [0.3, 0.4) is 0 Å². The van der Waals surface area contributed by atoms with Crippen molar-refractivity contribution in [2.24, 2.45) is 0 Å². The van der Waals surface area contributed by atoms with Gasteiger partial charge in [0.05, 0.1) is 6.61 Å². The lowest BCUT2D eigenvalue weighted by Gasteiger charge is -2.10. The average Bonchev–Trinajstić information content (AvgIpc) is 2.70. The Hall–Kier alpha value is -3.41. The lowest BCUT2D eigenvalue weighted by Crippen LogP contribution is -2.15. The van der Waals surface area contributed by atoms with Crippen LogP contribution in [0.1, 0.15) is 35.6 Å². The monoisotopic (exact) mass is 376 g/mol. The number of benzene rings is 2. The van der Waals surface area contributed by atoms with Gasteiger partial charge >= 0.3 is 0 Å². The van der Waals surface area contributed by atoms with Gasteiger partial charge in [-0.05, 0) is 68.3 Å². The molecule has 0 unspecified atom stereocenters. The molecule has 2 aromatic carbocycles. The molecule has 0 spiro atoms. The molecule has 144 valence electrons. The van der Waals surface area contributed by atoms with E-state index in [-0.39, 0.29) is 5.91 Å². The van der Waals surface area contributed by atoms with Crippen LogP contribution in [0.2, 0.25) is 0 Å². The van der Waals surface area contributed by atoms with E-state index in [2.05, 4.69) is 39.7 Å². The lowest BCUT2D eigenvalue weighted by molar-refractivity contribution is 0.102. The normalized spacial score (nSPS) is 10.4. The number of rotatable bonds is 7. The minimum Gasteiger partial charge on any atom is -0.494 e. The van der Waals surface area contributed by atoms with Crippen molar-refractivity contribution < 1.29 is 9.53 Å². The summed E-state index contributed by atoms with van der Waals surface area (Å²) in [5.41, 5.74) is 3.81. The predicted molar refractivity (Wildman–Crippen MR) is 111 cm³/mol. The maximum Gasteiger partial charge on any atom is 0.274 e. The summed E-state index contributed by atoms with van der Waals surface area (Å²) >= 11 is 0. The summed E-state index contributed by atoms with van der Waals surface area (Å²) in [6.07, 6.45) is 0.983. The number of hydrogen-bond donors (Lipinski definition) is 2. The highest BCUT2D eigenvalue weighted by Gasteiger charge is 2.11. The van der Waals surface area contributed by atoms with E-state index in [1.165, 1.54) is 5.56 Å². The first-order valence-electron chi connectivity index (χ1n) is 9.33. The quantitative estimate of drug-likeness (QED) is 0.623. The highest BCUT2D eigenvalue weighted by Crippen LogP contribution is 2.18. The van der Waals surface area contributed by atoms with Gasteiger partial charge in [0.25, 0.3) is 5.91 Å². The van der Waals surface area contributed by atoms with E-state index in [1.54, 1.807) is 18.2 Å². The molecule has 6 nitrogen and oxygen atoms in total. The molecule has 0 fully saturated rings. The van der Waals surface area contributed by atoms with Crippen molar-refractivity contribution >= 4 is 23.2 Å². The van der Waals surface area contributed by atoms with Crippen molar-refractivity contribution in [3.05, 3.63) is 71.5 Å². The van der Waals surface area contributed by atoms with Gasteiger partial charge in [-0.1, -0.05) is 19.1 Å². The molecule has 1 amide bonds. The Bertz CT molecular complexity index is 938. The largest absolute Gasteiger partial charge is 0.494 e. The fourth-order valence-corrected chi connectivity index (χ4v) is 2.69. The molecule has 6 heteroatoms. The zero-order chi connectivity index (χ0) is 19.9. The van der Waals surface area contributed by atoms with Gasteiger partial charge in [0.1, 0.15) is 11.4 Å². The first-order valence-corrected chi connectivity index (χ1v) is 9.33. The summed E-state index contributed by atoms with van der Waals surface area (Å²) in [7, 11) is 0. The molecule has 0 aliphatic rings. The van der Waals surface area contributed by atoms with Gasteiger partial charge in [0.15, 0.2) is 0 Å². The van der Waals surface area contributed by atoms with Crippen molar-refractivity contribution in [1.82, 2.24) is 9.97 Å². The van der Waals surface area contributed by atoms with Crippen molar-refractivity contribution in [2.75, 3.05) is 17.2 Å². The van der Waals surface area contributed by atoms with Gasteiger partial charge in [0.2, 0.25) is 5.95 Å². The minimum absolute atomic E-state index is 0.293. The third-order valence-electron chi connectivity index (χ3n) is 4.13. The summed E-state index contributed by atoms with van der Waals surface area (Å²) in [6.45, 7) is 6.47. The first-order chi connectivity index (χ1) is 13.6. The molecule has 3 aromatic rings.